The first-order chi connectivity index (χ1) is 26.8. The van der Waals surface area contributed by atoms with Gasteiger partial charge in [-0.05, 0) is 77.0 Å². The lowest BCUT2D eigenvalue weighted by molar-refractivity contribution is -0.161. The van der Waals surface area contributed by atoms with Gasteiger partial charge in [-0.3, -0.25) is 18.6 Å². The van der Waals surface area contributed by atoms with E-state index in [0.717, 1.165) is 57.8 Å². The SMILES string of the molecule is CCC=CCC=CCC=CCC=CCCCCC(=O)OC(COC(=O)CCCCCCCCCCCC=CCCCCCCCC)COP(=O)(O)OCCN. The number of hydrogen-bond donors (Lipinski definition) is 2. The summed E-state index contributed by atoms with van der Waals surface area (Å²) in [5, 5.41) is 0. The van der Waals surface area contributed by atoms with E-state index < -0.39 is 32.5 Å². The molecule has 0 rings (SSSR count). The summed E-state index contributed by atoms with van der Waals surface area (Å²) in [4.78, 5) is 34.8. The largest absolute Gasteiger partial charge is 0.472 e. The predicted octanol–water partition coefficient (Wildman–Crippen LogP) is 12.5. The van der Waals surface area contributed by atoms with E-state index in [2.05, 4.69) is 74.6 Å². The number of nitrogens with two attached hydrogens (primary N) is 1. The quantitative estimate of drug-likeness (QED) is 0.0269. The molecule has 2 unspecified atom stereocenters. The second-order valence-electron chi connectivity index (χ2n) is 14.2. The number of esters is 2. The van der Waals surface area contributed by atoms with E-state index in [-0.39, 0.29) is 32.6 Å². The Bertz CT molecular complexity index is 1090. The molecule has 0 amide bonds. The van der Waals surface area contributed by atoms with Gasteiger partial charge in [-0.15, -0.1) is 0 Å². The molecule has 318 valence electrons. The number of hydrogen-bond acceptors (Lipinski definition) is 8. The topological polar surface area (TPSA) is 134 Å². The highest BCUT2D eigenvalue weighted by Gasteiger charge is 2.25. The normalized spacial score (nSPS) is 13.9. The number of unbranched alkanes of at least 4 members (excludes halogenated alkanes) is 17. The number of allylic oxidation sites excluding steroid dienone is 10. The van der Waals surface area contributed by atoms with E-state index in [0.29, 0.717) is 6.42 Å². The van der Waals surface area contributed by atoms with E-state index in [9.17, 15) is 19.0 Å². The minimum Gasteiger partial charge on any atom is -0.462 e. The molecular formula is C45H80NO8P. The van der Waals surface area contributed by atoms with Crippen LogP contribution in [-0.2, 0) is 32.7 Å². The third kappa shape index (κ3) is 41.2. The van der Waals surface area contributed by atoms with Crippen LogP contribution in [0.5, 0.6) is 0 Å². The number of rotatable bonds is 40. The Morgan fingerprint density at radius 1 is 0.564 bits per heavy atom. The zero-order valence-electron chi connectivity index (χ0n) is 34.9. The molecule has 0 bridgehead atoms. The van der Waals surface area contributed by atoms with Gasteiger partial charge >= 0.3 is 19.8 Å². The van der Waals surface area contributed by atoms with Crippen molar-refractivity contribution in [1.29, 1.82) is 0 Å². The van der Waals surface area contributed by atoms with E-state index in [1.807, 2.05) is 0 Å². The van der Waals surface area contributed by atoms with Crippen LogP contribution in [0.4, 0.5) is 0 Å². The molecule has 55 heavy (non-hydrogen) atoms. The van der Waals surface area contributed by atoms with Crippen molar-refractivity contribution in [3.8, 4) is 0 Å². The van der Waals surface area contributed by atoms with E-state index >= 15 is 0 Å². The summed E-state index contributed by atoms with van der Waals surface area (Å²) in [5.74, 6) is -0.882. The summed E-state index contributed by atoms with van der Waals surface area (Å²) in [7, 11) is -4.39. The van der Waals surface area contributed by atoms with Crippen LogP contribution in [0, 0.1) is 0 Å². The first kappa shape index (κ1) is 52.7. The molecule has 0 spiro atoms. The van der Waals surface area contributed by atoms with Crippen LogP contribution < -0.4 is 5.73 Å². The molecule has 0 saturated carbocycles. The lowest BCUT2D eigenvalue weighted by atomic mass is 10.1. The molecule has 0 aliphatic carbocycles. The zero-order valence-corrected chi connectivity index (χ0v) is 35.8. The van der Waals surface area contributed by atoms with Crippen LogP contribution in [0.2, 0.25) is 0 Å². The molecular weight excluding hydrogens is 713 g/mol. The number of phosphoric ester groups is 1. The van der Waals surface area contributed by atoms with Crippen LogP contribution in [0.15, 0.2) is 60.8 Å². The molecule has 0 fully saturated rings. The monoisotopic (exact) mass is 794 g/mol. The van der Waals surface area contributed by atoms with Crippen molar-refractivity contribution in [3.05, 3.63) is 60.8 Å². The molecule has 9 nitrogen and oxygen atoms in total. The molecule has 0 aromatic heterocycles. The summed E-state index contributed by atoms with van der Waals surface area (Å²) in [5.41, 5.74) is 5.34. The molecule has 10 heteroatoms. The van der Waals surface area contributed by atoms with Crippen LogP contribution in [0.1, 0.15) is 181 Å². The van der Waals surface area contributed by atoms with Crippen molar-refractivity contribution in [1.82, 2.24) is 0 Å². The molecule has 0 radical (unpaired) electrons. The number of phosphoric acid groups is 1. The Morgan fingerprint density at radius 2 is 1.00 bits per heavy atom. The highest BCUT2D eigenvalue weighted by atomic mass is 31.2. The number of ether oxygens (including phenoxy) is 2. The van der Waals surface area contributed by atoms with Gasteiger partial charge in [0.15, 0.2) is 6.10 Å². The van der Waals surface area contributed by atoms with Gasteiger partial charge in [-0.1, -0.05) is 152 Å². The molecule has 0 aromatic carbocycles. The summed E-state index contributed by atoms with van der Waals surface area (Å²) < 4.78 is 32.7. The lowest BCUT2D eigenvalue weighted by Gasteiger charge is -2.19. The standard InChI is InChI=1S/C45H80NO8P/c1-3-5-7-9-11-13-15-17-19-20-21-22-24-25-27-29-31-33-35-37-44(47)51-41-43(42-53-55(49,50)52-40-39-46)54-45(48)38-36-34-32-30-28-26-23-18-16-14-12-10-8-6-4-2/h6,8,12,14,17-19,23,28,30,43H,3-5,7,9-11,13,15-16,20-22,24-27,29,31-42,46H2,1-2H3,(H,49,50). The molecule has 2 atom stereocenters. The third-order valence-corrected chi connectivity index (χ3v) is 9.87. The van der Waals surface area contributed by atoms with Crippen LogP contribution in [-0.4, -0.2) is 49.3 Å². The summed E-state index contributed by atoms with van der Waals surface area (Å²) in [6, 6.07) is 0. The van der Waals surface area contributed by atoms with Crippen molar-refractivity contribution >= 4 is 19.8 Å². The molecule has 0 aliphatic heterocycles. The average molecular weight is 794 g/mol. The first-order valence-electron chi connectivity index (χ1n) is 21.8. The molecule has 0 saturated heterocycles. The van der Waals surface area contributed by atoms with Gasteiger partial charge in [0.2, 0.25) is 0 Å². The summed E-state index contributed by atoms with van der Waals surface area (Å²) in [6.45, 7) is 3.56. The Morgan fingerprint density at radius 3 is 1.55 bits per heavy atom. The van der Waals surface area contributed by atoms with Crippen LogP contribution >= 0.6 is 7.82 Å². The Balaban J connectivity index is 4.19. The van der Waals surface area contributed by atoms with E-state index in [1.165, 1.54) is 89.9 Å². The van der Waals surface area contributed by atoms with Crippen molar-refractivity contribution in [2.75, 3.05) is 26.4 Å². The highest BCUT2D eigenvalue weighted by Crippen LogP contribution is 2.43. The maximum atomic E-state index is 12.6. The van der Waals surface area contributed by atoms with Crippen molar-refractivity contribution < 1.29 is 37.6 Å². The van der Waals surface area contributed by atoms with Gasteiger partial charge in [-0.25, -0.2) is 4.57 Å². The molecule has 0 aromatic rings. The van der Waals surface area contributed by atoms with Gasteiger partial charge in [0.1, 0.15) is 6.61 Å². The van der Waals surface area contributed by atoms with Crippen molar-refractivity contribution in [3.63, 3.8) is 0 Å². The molecule has 3 N–H and O–H groups in total. The fourth-order valence-corrected chi connectivity index (χ4v) is 6.44. The summed E-state index contributed by atoms with van der Waals surface area (Å²) in [6.07, 6.45) is 48.3. The predicted molar refractivity (Wildman–Crippen MR) is 229 cm³/mol. The molecule has 0 aliphatic rings. The van der Waals surface area contributed by atoms with E-state index in [4.69, 9.17) is 24.3 Å². The van der Waals surface area contributed by atoms with E-state index in [1.54, 1.807) is 0 Å². The first-order valence-corrected chi connectivity index (χ1v) is 23.3. The van der Waals surface area contributed by atoms with Gasteiger partial charge in [-0.2, -0.15) is 0 Å². The zero-order chi connectivity index (χ0) is 40.3. The second kappa shape index (κ2) is 41.3. The average Bonchev–Trinajstić information content (AvgIpc) is 3.17. The smallest absolute Gasteiger partial charge is 0.462 e. The maximum Gasteiger partial charge on any atom is 0.472 e. The van der Waals surface area contributed by atoms with Crippen LogP contribution in [0.3, 0.4) is 0 Å². The van der Waals surface area contributed by atoms with Crippen molar-refractivity contribution in [2.45, 2.75) is 187 Å². The second-order valence-corrected chi connectivity index (χ2v) is 15.6. The number of carbonyl (C=O) groups excluding carboxylic acids is 2. The lowest BCUT2D eigenvalue weighted by Crippen LogP contribution is -2.29. The number of carbonyl (C=O) groups is 2. The minimum absolute atomic E-state index is 0.0440. The maximum absolute atomic E-state index is 12.6. The highest BCUT2D eigenvalue weighted by molar-refractivity contribution is 7.47. The van der Waals surface area contributed by atoms with Gasteiger partial charge < -0.3 is 20.1 Å². The Hall–Kier alpha value is -2.29. The van der Waals surface area contributed by atoms with Gasteiger partial charge in [0, 0.05) is 19.4 Å². The summed E-state index contributed by atoms with van der Waals surface area (Å²) >= 11 is 0. The molecule has 0 heterocycles. The third-order valence-electron chi connectivity index (χ3n) is 8.89. The van der Waals surface area contributed by atoms with Gasteiger partial charge in [0.05, 0.1) is 13.2 Å². The van der Waals surface area contributed by atoms with Crippen LogP contribution in [0.25, 0.3) is 0 Å². The fourth-order valence-electron chi connectivity index (χ4n) is 5.68. The van der Waals surface area contributed by atoms with Crippen molar-refractivity contribution in [2.24, 2.45) is 5.73 Å². The fraction of sp³-hybridized carbons (Fsp3) is 0.733. The minimum atomic E-state index is -4.39. The Kier molecular flexibility index (Phi) is 39.6. The Labute approximate surface area is 336 Å². The van der Waals surface area contributed by atoms with Gasteiger partial charge in [0.25, 0.3) is 0 Å².